The Hall–Kier alpha value is -3.19. The predicted octanol–water partition coefficient (Wildman–Crippen LogP) is 5.13. The maximum atomic E-state index is 13.3. The fourth-order valence-corrected chi connectivity index (χ4v) is 4.77. The van der Waals surface area contributed by atoms with Crippen LogP contribution >= 0.6 is 11.8 Å². The van der Waals surface area contributed by atoms with Gasteiger partial charge in [0.2, 0.25) is 0 Å². The van der Waals surface area contributed by atoms with E-state index >= 15 is 0 Å². The second-order valence-corrected chi connectivity index (χ2v) is 8.67. The van der Waals surface area contributed by atoms with Crippen LogP contribution in [0.5, 0.6) is 0 Å². The molecule has 0 aliphatic heterocycles. The van der Waals surface area contributed by atoms with Crippen LogP contribution in [0.25, 0.3) is 17.1 Å². The summed E-state index contributed by atoms with van der Waals surface area (Å²) in [7, 11) is 0. The molecule has 0 N–H and O–H groups in total. The number of nitrogens with zero attached hydrogens (tertiary/aromatic N) is 5. The minimum absolute atomic E-state index is 0.0939. The number of thioether (sulfide) groups is 1. The highest BCUT2D eigenvalue weighted by Crippen LogP contribution is 2.30. The van der Waals surface area contributed by atoms with Crippen LogP contribution in [0.1, 0.15) is 35.6 Å². The Balaban J connectivity index is 1.60. The number of Topliss-reactive ketones (excluding diaryl/α,β-unsaturated/α-hetero) is 1. The summed E-state index contributed by atoms with van der Waals surface area (Å²) in [4.78, 5) is 17.4. The third-order valence-corrected chi connectivity index (χ3v) is 6.41. The molecule has 4 rings (SSSR count). The number of benzene rings is 1. The Morgan fingerprint density at radius 3 is 2.45 bits per heavy atom. The molecule has 0 aliphatic rings. The fourth-order valence-electron chi connectivity index (χ4n) is 3.79. The molecule has 0 spiro atoms. The highest BCUT2D eigenvalue weighted by Gasteiger charge is 2.25. The molecule has 1 aromatic carbocycles. The first-order valence-corrected chi connectivity index (χ1v) is 11.2. The van der Waals surface area contributed by atoms with Gasteiger partial charge in [-0.05, 0) is 58.0 Å². The fraction of sp³-hybridized carbons (Fsp3) is 0.250. The van der Waals surface area contributed by atoms with Crippen molar-refractivity contribution in [1.29, 1.82) is 0 Å². The van der Waals surface area contributed by atoms with Crippen LogP contribution in [0.3, 0.4) is 0 Å². The molecular formula is C24H25N5OS. The maximum Gasteiger partial charge on any atom is 0.192 e. The van der Waals surface area contributed by atoms with E-state index in [0.29, 0.717) is 0 Å². The minimum atomic E-state index is -0.287. The van der Waals surface area contributed by atoms with Gasteiger partial charge < -0.3 is 9.13 Å². The van der Waals surface area contributed by atoms with Gasteiger partial charge in [-0.3, -0.25) is 9.78 Å². The Labute approximate surface area is 186 Å². The van der Waals surface area contributed by atoms with Gasteiger partial charge in [-0.2, -0.15) is 0 Å². The van der Waals surface area contributed by atoms with Crippen molar-refractivity contribution in [2.45, 2.75) is 44.6 Å². The lowest BCUT2D eigenvalue weighted by Crippen LogP contribution is -2.15. The topological polar surface area (TPSA) is 65.6 Å². The van der Waals surface area contributed by atoms with Crippen molar-refractivity contribution in [2.75, 3.05) is 0 Å². The third kappa shape index (κ3) is 4.05. The van der Waals surface area contributed by atoms with Gasteiger partial charge in [0.15, 0.2) is 16.8 Å². The molecular weight excluding hydrogens is 406 g/mol. The number of carbonyl (C=O) groups excluding carboxylic acids is 1. The zero-order valence-electron chi connectivity index (χ0n) is 18.1. The molecule has 158 valence electrons. The molecule has 7 heteroatoms. The average molecular weight is 432 g/mol. The number of ketones is 1. The summed E-state index contributed by atoms with van der Waals surface area (Å²) >= 11 is 1.45. The second-order valence-electron chi connectivity index (χ2n) is 7.37. The summed E-state index contributed by atoms with van der Waals surface area (Å²) in [6.45, 7) is 8.74. The van der Waals surface area contributed by atoms with E-state index in [-0.39, 0.29) is 11.0 Å². The van der Waals surface area contributed by atoms with Crippen LogP contribution in [0.2, 0.25) is 0 Å². The number of hydrogen-bond donors (Lipinski definition) is 0. The highest BCUT2D eigenvalue weighted by atomic mass is 32.2. The molecule has 4 aromatic rings. The van der Waals surface area contributed by atoms with Gasteiger partial charge in [0, 0.05) is 47.1 Å². The molecule has 31 heavy (non-hydrogen) atoms. The van der Waals surface area contributed by atoms with Gasteiger partial charge in [0.1, 0.15) is 0 Å². The number of para-hydroxylation sites is 1. The monoisotopic (exact) mass is 431 g/mol. The van der Waals surface area contributed by atoms with Crippen LogP contribution < -0.4 is 0 Å². The van der Waals surface area contributed by atoms with Crippen molar-refractivity contribution in [2.24, 2.45) is 0 Å². The Morgan fingerprint density at radius 1 is 1.06 bits per heavy atom. The number of aryl methyl sites for hydroxylation is 1. The standard InChI is InChI=1S/C24H25N5OS/c1-5-28-23(19-11-13-25-14-12-19)26-27-24(28)31-18(4)22(30)21-15-16(2)29(17(21)3)20-9-7-6-8-10-20/h6-15,18H,5H2,1-4H3. The molecule has 0 fully saturated rings. The zero-order chi connectivity index (χ0) is 22.0. The van der Waals surface area contributed by atoms with Crippen LogP contribution in [0.4, 0.5) is 0 Å². The van der Waals surface area contributed by atoms with E-state index in [0.717, 1.165) is 45.7 Å². The molecule has 3 aromatic heterocycles. The van der Waals surface area contributed by atoms with Gasteiger partial charge in [-0.15, -0.1) is 10.2 Å². The maximum absolute atomic E-state index is 13.3. The number of rotatable bonds is 7. The van der Waals surface area contributed by atoms with Gasteiger partial charge in [0.25, 0.3) is 0 Å². The molecule has 0 aliphatic carbocycles. The van der Waals surface area contributed by atoms with E-state index in [9.17, 15) is 4.79 Å². The first-order chi connectivity index (χ1) is 15.0. The van der Waals surface area contributed by atoms with Crippen LogP contribution in [-0.2, 0) is 6.54 Å². The van der Waals surface area contributed by atoms with E-state index in [4.69, 9.17) is 0 Å². The van der Waals surface area contributed by atoms with Crippen LogP contribution in [0.15, 0.2) is 66.1 Å². The minimum Gasteiger partial charge on any atom is -0.318 e. The lowest BCUT2D eigenvalue weighted by atomic mass is 10.1. The van der Waals surface area contributed by atoms with Crippen LogP contribution in [-0.4, -0.2) is 35.3 Å². The van der Waals surface area contributed by atoms with Crippen LogP contribution in [0, 0.1) is 13.8 Å². The van der Waals surface area contributed by atoms with Crippen molar-refractivity contribution in [3.63, 3.8) is 0 Å². The third-order valence-electron chi connectivity index (χ3n) is 5.33. The van der Waals surface area contributed by atoms with Crippen molar-refractivity contribution in [3.8, 4) is 17.1 Å². The number of hydrogen-bond acceptors (Lipinski definition) is 5. The summed E-state index contributed by atoms with van der Waals surface area (Å²) in [5.74, 6) is 0.880. The second kappa shape index (κ2) is 8.89. The number of carbonyl (C=O) groups is 1. The summed E-state index contributed by atoms with van der Waals surface area (Å²) in [5, 5.41) is 9.19. The summed E-state index contributed by atoms with van der Waals surface area (Å²) < 4.78 is 4.16. The molecule has 0 saturated carbocycles. The van der Waals surface area contributed by atoms with E-state index < -0.39 is 0 Å². The molecule has 1 atom stereocenters. The Bertz CT molecular complexity index is 1200. The molecule has 0 amide bonds. The molecule has 0 saturated heterocycles. The lowest BCUT2D eigenvalue weighted by molar-refractivity contribution is 0.0993. The number of aromatic nitrogens is 5. The molecule has 6 nitrogen and oxygen atoms in total. The highest BCUT2D eigenvalue weighted by molar-refractivity contribution is 8.00. The average Bonchev–Trinajstić information content (AvgIpc) is 3.33. The van der Waals surface area contributed by atoms with Gasteiger partial charge >= 0.3 is 0 Å². The van der Waals surface area contributed by atoms with Crippen molar-refractivity contribution < 1.29 is 4.79 Å². The summed E-state index contributed by atoms with van der Waals surface area (Å²) in [5.41, 5.74) is 4.76. The van der Waals surface area contributed by atoms with Gasteiger partial charge in [-0.1, -0.05) is 30.0 Å². The quantitative estimate of drug-likeness (QED) is 0.300. The molecule has 0 radical (unpaired) electrons. The van der Waals surface area contributed by atoms with Crippen molar-refractivity contribution in [3.05, 3.63) is 77.9 Å². The van der Waals surface area contributed by atoms with E-state index in [1.165, 1.54) is 11.8 Å². The molecule has 3 heterocycles. The first kappa shape index (κ1) is 21.1. The van der Waals surface area contributed by atoms with Gasteiger partial charge in [-0.25, -0.2) is 0 Å². The lowest BCUT2D eigenvalue weighted by Gasteiger charge is -2.13. The Kier molecular flexibility index (Phi) is 6.04. The van der Waals surface area contributed by atoms with Crippen molar-refractivity contribution >= 4 is 17.5 Å². The molecule has 0 bridgehead atoms. The zero-order valence-corrected chi connectivity index (χ0v) is 18.9. The summed E-state index contributed by atoms with van der Waals surface area (Å²) in [6.07, 6.45) is 3.48. The number of pyridine rings is 1. The van der Waals surface area contributed by atoms with E-state index in [1.54, 1.807) is 12.4 Å². The first-order valence-electron chi connectivity index (χ1n) is 10.3. The summed E-state index contributed by atoms with van der Waals surface area (Å²) in [6, 6.07) is 15.9. The van der Waals surface area contributed by atoms with E-state index in [1.807, 2.05) is 61.7 Å². The Morgan fingerprint density at radius 2 is 1.77 bits per heavy atom. The smallest absolute Gasteiger partial charge is 0.192 e. The largest absolute Gasteiger partial charge is 0.318 e. The van der Waals surface area contributed by atoms with Gasteiger partial charge in [0.05, 0.1) is 5.25 Å². The predicted molar refractivity (Wildman–Crippen MR) is 124 cm³/mol. The van der Waals surface area contributed by atoms with Crippen molar-refractivity contribution in [1.82, 2.24) is 24.3 Å². The molecule has 1 unspecified atom stereocenters. The normalized spacial score (nSPS) is 12.1. The SMILES string of the molecule is CCn1c(SC(C)C(=O)c2cc(C)n(-c3ccccc3)c2C)nnc1-c1ccncc1. The van der Waals surface area contributed by atoms with E-state index in [2.05, 4.69) is 38.8 Å².